The van der Waals surface area contributed by atoms with Crippen LogP contribution in [0.4, 0.5) is 13.2 Å². The van der Waals surface area contributed by atoms with Crippen LogP contribution in [0.5, 0.6) is 0 Å². The number of hydrogen-bond acceptors (Lipinski definition) is 3. The van der Waals surface area contributed by atoms with Gasteiger partial charge in [0.1, 0.15) is 0 Å². The van der Waals surface area contributed by atoms with Crippen LogP contribution in [0.2, 0.25) is 0 Å². The van der Waals surface area contributed by atoms with Crippen LogP contribution in [-0.2, 0) is 9.47 Å². The van der Waals surface area contributed by atoms with Crippen molar-refractivity contribution in [3.8, 4) is 0 Å². The second-order valence-corrected chi connectivity index (χ2v) is 3.40. The van der Waals surface area contributed by atoms with Crippen LogP contribution in [0.15, 0.2) is 0 Å². The third-order valence-corrected chi connectivity index (χ3v) is 1.65. The fraction of sp³-hybridized carbons (Fsp3) is 1.00. The molecule has 92 valence electrons. The Morgan fingerprint density at radius 1 is 1.13 bits per heavy atom. The molecule has 0 aromatic carbocycles. The first-order chi connectivity index (χ1) is 6.88. The Hall–Kier alpha value is -0.330. The molecule has 0 rings (SSSR count). The topological polar surface area (TPSA) is 44.5 Å². The minimum atomic E-state index is -4.35. The summed E-state index contributed by atoms with van der Waals surface area (Å²) in [6.07, 6.45) is -6.35. The smallest absolute Gasteiger partial charge is 0.376 e. The van der Waals surface area contributed by atoms with Crippen molar-refractivity contribution < 1.29 is 22.6 Å². The number of ether oxygens (including phenoxy) is 2. The van der Waals surface area contributed by atoms with Crippen LogP contribution < -0.4 is 5.73 Å². The Bertz CT molecular complexity index is 162. The zero-order chi connectivity index (χ0) is 11.9. The summed E-state index contributed by atoms with van der Waals surface area (Å²) in [5, 5.41) is 0. The Morgan fingerprint density at radius 2 is 1.67 bits per heavy atom. The predicted octanol–water partition coefficient (Wildman–Crippen LogP) is 1.71. The lowest BCUT2D eigenvalue weighted by atomic mass is 10.2. The van der Waals surface area contributed by atoms with E-state index in [0.717, 1.165) is 0 Å². The molecular formula is C9H18F3NO2. The Kier molecular flexibility index (Phi) is 6.87. The van der Waals surface area contributed by atoms with Crippen molar-refractivity contribution >= 4 is 0 Å². The van der Waals surface area contributed by atoms with Crippen molar-refractivity contribution in [2.45, 2.75) is 38.7 Å². The summed E-state index contributed by atoms with van der Waals surface area (Å²) >= 11 is 0. The second-order valence-electron chi connectivity index (χ2n) is 3.40. The number of halogens is 3. The molecule has 0 saturated heterocycles. The van der Waals surface area contributed by atoms with E-state index < -0.39 is 12.3 Å². The van der Waals surface area contributed by atoms with Crippen LogP contribution in [0.3, 0.4) is 0 Å². The molecule has 0 aromatic heterocycles. The van der Waals surface area contributed by atoms with Gasteiger partial charge in [0, 0.05) is 0 Å². The van der Waals surface area contributed by atoms with Crippen molar-refractivity contribution in [3.63, 3.8) is 0 Å². The summed E-state index contributed by atoms with van der Waals surface area (Å²) in [7, 11) is 0. The number of rotatable bonds is 7. The van der Waals surface area contributed by atoms with Gasteiger partial charge < -0.3 is 15.2 Å². The maximum atomic E-state index is 12.3. The van der Waals surface area contributed by atoms with Crippen LogP contribution in [-0.4, -0.2) is 38.1 Å². The standard InChI is InChI=1S/C9H18F3NO2/c1-7(2)14-5-6-15-8(3-4-13)9(10,11)12/h7-8H,3-6,13H2,1-2H3. The minimum absolute atomic E-state index is 0.00700. The van der Waals surface area contributed by atoms with Crippen molar-refractivity contribution in [1.82, 2.24) is 0 Å². The number of alkyl halides is 3. The molecule has 0 heterocycles. The van der Waals surface area contributed by atoms with Gasteiger partial charge in [0.2, 0.25) is 0 Å². The summed E-state index contributed by atoms with van der Waals surface area (Å²) in [6, 6.07) is 0. The molecule has 2 N–H and O–H groups in total. The van der Waals surface area contributed by atoms with Crippen LogP contribution in [0.1, 0.15) is 20.3 Å². The highest BCUT2D eigenvalue weighted by molar-refractivity contribution is 4.67. The molecule has 0 saturated carbocycles. The van der Waals surface area contributed by atoms with E-state index in [0.29, 0.717) is 0 Å². The average Bonchev–Trinajstić information content (AvgIpc) is 2.08. The first-order valence-electron chi connectivity index (χ1n) is 4.88. The van der Waals surface area contributed by atoms with Crippen molar-refractivity contribution in [3.05, 3.63) is 0 Å². The third-order valence-electron chi connectivity index (χ3n) is 1.65. The fourth-order valence-corrected chi connectivity index (χ4v) is 0.967. The fourth-order valence-electron chi connectivity index (χ4n) is 0.967. The highest BCUT2D eigenvalue weighted by Crippen LogP contribution is 2.24. The van der Waals surface area contributed by atoms with E-state index in [1.54, 1.807) is 13.8 Å². The maximum Gasteiger partial charge on any atom is 0.414 e. The number of hydrogen-bond donors (Lipinski definition) is 1. The Morgan fingerprint density at radius 3 is 2.07 bits per heavy atom. The first kappa shape index (κ1) is 14.7. The van der Waals surface area contributed by atoms with E-state index in [1.807, 2.05) is 0 Å². The maximum absolute atomic E-state index is 12.3. The van der Waals surface area contributed by atoms with Crippen LogP contribution in [0, 0.1) is 0 Å². The highest BCUT2D eigenvalue weighted by atomic mass is 19.4. The lowest BCUT2D eigenvalue weighted by Gasteiger charge is -2.20. The monoisotopic (exact) mass is 229 g/mol. The van der Waals surface area contributed by atoms with Crippen molar-refractivity contribution in [2.75, 3.05) is 19.8 Å². The summed E-state index contributed by atoms with van der Waals surface area (Å²) in [4.78, 5) is 0. The predicted molar refractivity (Wildman–Crippen MR) is 50.6 cm³/mol. The second kappa shape index (κ2) is 7.03. The van der Waals surface area contributed by atoms with E-state index in [9.17, 15) is 13.2 Å². The summed E-state index contributed by atoms with van der Waals surface area (Å²) in [5.74, 6) is 0. The molecule has 15 heavy (non-hydrogen) atoms. The summed E-state index contributed by atoms with van der Waals surface area (Å²) < 4.78 is 46.5. The van der Waals surface area contributed by atoms with Gasteiger partial charge in [-0.3, -0.25) is 0 Å². The van der Waals surface area contributed by atoms with Gasteiger partial charge in [0.25, 0.3) is 0 Å². The lowest BCUT2D eigenvalue weighted by molar-refractivity contribution is -0.224. The highest BCUT2D eigenvalue weighted by Gasteiger charge is 2.39. The van der Waals surface area contributed by atoms with E-state index in [1.165, 1.54) is 0 Å². The zero-order valence-corrected chi connectivity index (χ0v) is 9.01. The molecule has 0 spiro atoms. The van der Waals surface area contributed by atoms with Gasteiger partial charge in [-0.1, -0.05) is 0 Å². The molecule has 0 aromatic rings. The van der Waals surface area contributed by atoms with Crippen LogP contribution >= 0.6 is 0 Å². The zero-order valence-electron chi connectivity index (χ0n) is 9.01. The molecule has 6 heteroatoms. The van der Waals surface area contributed by atoms with Gasteiger partial charge in [0.05, 0.1) is 19.3 Å². The Balaban J connectivity index is 3.77. The lowest BCUT2D eigenvalue weighted by Crippen LogP contribution is -2.34. The first-order valence-corrected chi connectivity index (χ1v) is 4.88. The van der Waals surface area contributed by atoms with Gasteiger partial charge in [-0.15, -0.1) is 0 Å². The molecule has 0 aliphatic rings. The summed E-state index contributed by atoms with van der Waals surface area (Å²) in [6.45, 7) is 3.66. The van der Waals surface area contributed by atoms with Gasteiger partial charge in [-0.05, 0) is 26.8 Å². The third kappa shape index (κ3) is 7.58. The van der Waals surface area contributed by atoms with Gasteiger partial charge in [-0.25, -0.2) is 0 Å². The molecule has 0 bridgehead atoms. The largest absolute Gasteiger partial charge is 0.414 e. The molecule has 1 atom stereocenters. The average molecular weight is 229 g/mol. The van der Waals surface area contributed by atoms with E-state index in [2.05, 4.69) is 4.74 Å². The molecule has 0 amide bonds. The molecule has 1 unspecified atom stereocenters. The quantitative estimate of drug-likeness (QED) is 0.676. The van der Waals surface area contributed by atoms with Gasteiger partial charge in [0.15, 0.2) is 6.10 Å². The molecule has 0 fully saturated rings. The van der Waals surface area contributed by atoms with Crippen LogP contribution in [0.25, 0.3) is 0 Å². The number of nitrogens with two attached hydrogens (primary N) is 1. The Labute approximate surface area is 87.7 Å². The molecule has 3 nitrogen and oxygen atoms in total. The molecule has 0 radical (unpaired) electrons. The van der Waals surface area contributed by atoms with Gasteiger partial charge >= 0.3 is 6.18 Å². The summed E-state index contributed by atoms with van der Waals surface area (Å²) in [5.41, 5.74) is 5.07. The van der Waals surface area contributed by atoms with E-state index >= 15 is 0 Å². The normalized spacial score (nSPS) is 14.6. The minimum Gasteiger partial charge on any atom is -0.376 e. The van der Waals surface area contributed by atoms with Crippen molar-refractivity contribution in [2.24, 2.45) is 5.73 Å². The van der Waals surface area contributed by atoms with Gasteiger partial charge in [-0.2, -0.15) is 13.2 Å². The SMILES string of the molecule is CC(C)OCCOC(CCN)C(F)(F)F. The molecular weight excluding hydrogens is 211 g/mol. The molecule has 0 aliphatic heterocycles. The van der Waals surface area contributed by atoms with Crippen molar-refractivity contribution in [1.29, 1.82) is 0 Å². The van der Waals surface area contributed by atoms with E-state index in [-0.39, 0.29) is 32.3 Å². The molecule has 0 aliphatic carbocycles. The van der Waals surface area contributed by atoms with E-state index in [4.69, 9.17) is 10.5 Å².